The lowest BCUT2D eigenvalue weighted by Gasteiger charge is -2.26. The van der Waals surface area contributed by atoms with Gasteiger partial charge in [0.05, 0.1) is 0 Å². The molecular weight excluding hydrogens is 266 g/mol. The summed E-state index contributed by atoms with van der Waals surface area (Å²) in [5, 5.41) is 2.92. The van der Waals surface area contributed by atoms with Crippen molar-refractivity contribution in [3.05, 3.63) is 0 Å². The second-order valence-electron chi connectivity index (χ2n) is 6.46. The molecule has 0 bridgehead atoms. The van der Waals surface area contributed by atoms with E-state index < -0.39 is 0 Å². The highest BCUT2D eigenvalue weighted by Crippen LogP contribution is 2.23. The van der Waals surface area contributed by atoms with Crippen LogP contribution in [0, 0.1) is 5.92 Å². The quantitative estimate of drug-likeness (QED) is 0.823. The fraction of sp³-hybridized carbons (Fsp3) is 0.875. The fourth-order valence-electron chi connectivity index (χ4n) is 3.38. The molecule has 1 heterocycles. The van der Waals surface area contributed by atoms with Crippen molar-refractivity contribution < 1.29 is 9.59 Å². The molecule has 1 aliphatic heterocycles. The van der Waals surface area contributed by atoms with Crippen LogP contribution in [-0.4, -0.2) is 42.4 Å². The largest absolute Gasteiger partial charge is 0.355 e. The molecule has 3 N–H and O–H groups in total. The van der Waals surface area contributed by atoms with E-state index in [-0.39, 0.29) is 23.8 Å². The van der Waals surface area contributed by atoms with Gasteiger partial charge in [-0.05, 0) is 32.1 Å². The van der Waals surface area contributed by atoms with Crippen molar-refractivity contribution in [2.75, 3.05) is 19.6 Å². The smallest absolute Gasteiger partial charge is 0.224 e. The summed E-state index contributed by atoms with van der Waals surface area (Å²) in [6, 6.07) is 0.160. The molecule has 2 aliphatic rings. The Hall–Kier alpha value is -1.10. The number of carbonyl (C=O) groups excluding carboxylic acids is 2. The molecule has 0 aromatic carbocycles. The third-order valence-corrected chi connectivity index (χ3v) is 4.68. The summed E-state index contributed by atoms with van der Waals surface area (Å²) >= 11 is 0. The van der Waals surface area contributed by atoms with Gasteiger partial charge in [0, 0.05) is 38.0 Å². The molecule has 5 nitrogen and oxygen atoms in total. The summed E-state index contributed by atoms with van der Waals surface area (Å²) in [6.45, 7) is 2.22. The van der Waals surface area contributed by atoms with Gasteiger partial charge in [-0.15, -0.1) is 0 Å². The van der Waals surface area contributed by atoms with E-state index in [0.29, 0.717) is 13.0 Å². The number of likely N-dealkylation sites (tertiary alicyclic amines) is 1. The second-order valence-corrected chi connectivity index (χ2v) is 6.46. The molecule has 120 valence electrons. The summed E-state index contributed by atoms with van der Waals surface area (Å²) < 4.78 is 0. The van der Waals surface area contributed by atoms with E-state index in [1.807, 2.05) is 4.90 Å². The van der Waals surface area contributed by atoms with Crippen molar-refractivity contribution in [1.29, 1.82) is 0 Å². The first-order chi connectivity index (χ1) is 10.2. The predicted octanol–water partition coefficient (Wildman–Crippen LogP) is 1.41. The zero-order valence-corrected chi connectivity index (χ0v) is 13.0. The molecular formula is C16H29N3O2. The Morgan fingerprint density at radius 1 is 1.05 bits per heavy atom. The van der Waals surface area contributed by atoms with E-state index in [4.69, 9.17) is 5.73 Å². The Kier molecular flexibility index (Phi) is 6.49. The van der Waals surface area contributed by atoms with Gasteiger partial charge in [-0.1, -0.05) is 19.3 Å². The van der Waals surface area contributed by atoms with Gasteiger partial charge >= 0.3 is 0 Å². The Morgan fingerprint density at radius 3 is 2.43 bits per heavy atom. The third kappa shape index (κ3) is 5.30. The van der Waals surface area contributed by atoms with Gasteiger partial charge in [0.15, 0.2) is 0 Å². The third-order valence-electron chi connectivity index (χ3n) is 4.68. The highest BCUT2D eigenvalue weighted by atomic mass is 16.2. The number of nitrogens with one attached hydrogen (secondary N) is 1. The topological polar surface area (TPSA) is 75.4 Å². The average molecular weight is 295 g/mol. The van der Waals surface area contributed by atoms with Crippen LogP contribution in [0.15, 0.2) is 0 Å². The molecule has 0 aromatic rings. The number of carbonyl (C=O) groups is 2. The standard InChI is InChI=1S/C16H29N3O2/c17-14-7-5-6-13(12-14)16(21)18-9-8-15(20)19-10-3-1-2-4-11-19/h13-14H,1-12,17H2,(H,18,21). The monoisotopic (exact) mass is 295 g/mol. The highest BCUT2D eigenvalue weighted by molar-refractivity contribution is 5.80. The number of nitrogens with zero attached hydrogens (tertiary/aromatic N) is 1. The molecule has 2 fully saturated rings. The van der Waals surface area contributed by atoms with Gasteiger partial charge in [-0.25, -0.2) is 0 Å². The van der Waals surface area contributed by atoms with Gasteiger partial charge < -0.3 is 16.0 Å². The molecule has 2 rings (SSSR count). The summed E-state index contributed by atoms with van der Waals surface area (Å²) in [4.78, 5) is 26.1. The Balaban J connectivity index is 1.65. The van der Waals surface area contributed by atoms with Crippen LogP contribution in [0.3, 0.4) is 0 Å². The first kappa shape index (κ1) is 16.3. The number of hydrogen-bond acceptors (Lipinski definition) is 3. The maximum Gasteiger partial charge on any atom is 0.224 e. The predicted molar refractivity (Wildman–Crippen MR) is 82.6 cm³/mol. The van der Waals surface area contributed by atoms with Crippen molar-refractivity contribution in [2.45, 2.75) is 63.8 Å². The molecule has 2 amide bonds. The average Bonchev–Trinajstić information content (AvgIpc) is 2.76. The molecule has 21 heavy (non-hydrogen) atoms. The molecule has 1 saturated heterocycles. The molecule has 2 unspecified atom stereocenters. The van der Waals surface area contributed by atoms with Crippen LogP contribution in [0.2, 0.25) is 0 Å². The first-order valence-corrected chi connectivity index (χ1v) is 8.48. The van der Waals surface area contributed by atoms with Crippen LogP contribution in [0.1, 0.15) is 57.8 Å². The Morgan fingerprint density at radius 2 is 1.76 bits per heavy atom. The maximum absolute atomic E-state index is 12.1. The van der Waals surface area contributed by atoms with Gasteiger partial charge in [0.25, 0.3) is 0 Å². The summed E-state index contributed by atoms with van der Waals surface area (Å²) in [6.07, 6.45) is 8.86. The van der Waals surface area contributed by atoms with E-state index in [1.54, 1.807) is 0 Å². The number of nitrogens with two attached hydrogens (primary N) is 1. The normalized spacial score (nSPS) is 27.0. The van der Waals surface area contributed by atoms with Crippen molar-refractivity contribution >= 4 is 11.8 Å². The minimum atomic E-state index is 0.0436. The zero-order valence-electron chi connectivity index (χ0n) is 13.0. The summed E-state index contributed by atoms with van der Waals surface area (Å²) in [7, 11) is 0. The molecule has 2 atom stereocenters. The van der Waals surface area contributed by atoms with E-state index in [9.17, 15) is 9.59 Å². The lowest BCUT2D eigenvalue weighted by molar-refractivity contribution is -0.131. The van der Waals surface area contributed by atoms with Crippen LogP contribution in [-0.2, 0) is 9.59 Å². The second kappa shape index (κ2) is 8.37. The molecule has 5 heteroatoms. The SMILES string of the molecule is NC1CCCC(C(=O)NCCC(=O)N2CCCCCC2)C1. The van der Waals surface area contributed by atoms with E-state index in [1.165, 1.54) is 12.8 Å². The van der Waals surface area contributed by atoms with Crippen molar-refractivity contribution in [3.8, 4) is 0 Å². The first-order valence-electron chi connectivity index (χ1n) is 8.48. The lowest BCUT2D eigenvalue weighted by atomic mass is 9.85. The van der Waals surface area contributed by atoms with Crippen LogP contribution in [0.4, 0.5) is 0 Å². The summed E-state index contributed by atoms with van der Waals surface area (Å²) in [5.74, 6) is 0.299. The van der Waals surface area contributed by atoms with E-state index in [2.05, 4.69) is 5.32 Å². The molecule has 0 aromatic heterocycles. The molecule has 1 saturated carbocycles. The molecule has 0 radical (unpaired) electrons. The maximum atomic E-state index is 12.1. The van der Waals surface area contributed by atoms with Crippen molar-refractivity contribution in [1.82, 2.24) is 10.2 Å². The van der Waals surface area contributed by atoms with E-state index >= 15 is 0 Å². The summed E-state index contributed by atoms with van der Waals surface area (Å²) in [5.41, 5.74) is 5.91. The van der Waals surface area contributed by atoms with Gasteiger partial charge in [-0.3, -0.25) is 9.59 Å². The Bertz CT molecular complexity index is 337. The van der Waals surface area contributed by atoms with Gasteiger partial charge in [-0.2, -0.15) is 0 Å². The lowest BCUT2D eigenvalue weighted by Crippen LogP contribution is -2.40. The van der Waals surface area contributed by atoms with Crippen LogP contribution in [0.5, 0.6) is 0 Å². The number of amides is 2. The number of hydrogen-bond donors (Lipinski definition) is 2. The van der Waals surface area contributed by atoms with Crippen LogP contribution < -0.4 is 11.1 Å². The van der Waals surface area contributed by atoms with Crippen LogP contribution >= 0.6 is 0 Å². The van der Waals surface area contributed by atoms with Crippen molar-refractivity contribution in [3.63, 3.8) is 0 Å². The molecule has 1 aliphatic carbocycles. The number of rotatable bonds is 4. The van der Waals surface area contributed by atoms with Gasteiger partial charge in [0.1, 0.15) is 0 Å². The fourth-order valence-corrected chi connectivity index (χ4v) is 3.38. The highest BCUT2D eigenvalue weighted by Gasteiger charge is 2.25. The van der Waals surface area contributed by atoms with Crippen LogP contribution in [0.25, 0.3) is 0 Å². The van der Waals surface area contributed by atoms with Crippen molar-refractivity contribution in [2.24, 2.45) is 11.7 Å². The minimum Gasteiger partial charge on any atom is -0.355 e. The molecule has 0 spiro atoms. The van der Waals surface area contributed by atoms with Gasteiger partial charge in [0.2, 0.25) is 11.8 Å². The van der Waals surface area contributed by atoms with E-state index in [0.717, 1.165) is 51.6 Å². The Labute approximate surface area is 127 Å². The minimum absolute atomic E-state index is 0.0436. The zero-order chi connectivity index (χ0) is 15.1.